The Kier molecular flexibility index (Phi) is 5.19. The largest absolute Gasteiger partial charge is 0.493 e. The maximum Gasteiger partial charge on any atom is 0.189 e. The standard InChI is InChI=1S/C19H21N3O2S/c1-20-19(25)22-16(12-15(21-22)13-7-5-4-6-8-13)14-9-10-17(23-2)18(11-14)24-3/h4-11,16H,12H2,1-3H3,(H,20,25)/t16-/m1/s1. The van der Waals surface area contributed by atoms with E-state index in [1.807, 2.05) is 48.5 Å². The number of thiocarbonyl (C=S) groups is 1. The number of nitrogens with one attached hydrogen (secondary N) is 1. The van der Waals surface area contributed by atoms with Crippen molar-refractivity contribution in [2.45, 2.75) is 12.5 Å². The van der Waals surface area contributed by atoms with Gasteiger partial charge in [0.25, 0.3) is 0 Å². The van der Waals surface area contributed by atoms with Gasteiger partial charge in [-0.15, -0.1) is 0 Å². The van der Waals surface area contributed by atoms with Crippen molar-refractivity contribution in [1.82, 2.24) is 10.3 Å². The first-order chi connectivity index (χ1) is 12.2. The molecule has 0 saturated carbocycles. The molecule has 1 heterocycles. The molecule has 3 rings (SSSR count). The summed E-state index contributed by atoms with van der Waals surface area (Å²) in [6.45, 7) is 0. The Labute approximate surface area is 153 Å². The van der Waals surface area contributed by atoms with Crippen molar-refractivity contribution in [2.75, 3.05) is 21.3 Å². The maximum atomic E-state index is 5.46. The summed E-state index contributed by atoms with van der Waals surface area (Å²) in [5.41, 5.74) is 3.19. The molecule has 0 unspecified atom stereocenters. The second kappa shape index (κ2) is 7.53. The highest BCUT2D eigenvalue weighted by Crippen LogP contribution is 2.37. The van der Waals surface area contributed by atoms with Crippen LogP contribution in [-0.2, 0) is 0 Å². The first-order valence-electron chi connectivity index (χ1n) is 8.03. The van der Waals surface area contributed by atoms with Crippen molar-refractivity contribution in [3.05, 3.63) is 59.7 Å². The highest BCUT2D eigenvalue weighted by molar-refractivity contribution is 7.80. The first-order valence-corrected chi connectivity index (χ1v) is 8.44. The number of hydrogen-bond acceptors (Lipinski definition) is 4. The Morgan fingerprint density at radius 2 is 1.84 bits per heavy atom. The van der Waals surface area contributed by atoms with Crippen LogP contribution >= 0.6 is 12.2 Å². The third-order valence-electron chi connectivity index (χ3n) is 4.23. The van der Waals surface area contributed by atoms with Gasteiger partial charge in [-0.25, -0.2) is 5.01 Å². The summed E-state index contributed by atoms with van der Waals surface area (Å²) in [5.74, 6) is 1.40. The molecule has 0 radical (unpaired) electrons. The Balaban J connectivity index is 1.96. The summed E-state index contributed by atoms with van der Waals surface area (Å²) in [6.07, 6.45) is 0.765. The Bertz CT molecular complexity index is 793. The molecule has 130 valence electrons. The zero-order chi connectivity index (χ0) is 17.8. The van der Waals surface area contributed by atoms with Crippen LogP contribution in [0.5, 0.6) is 11.5 Å². The predicted molar refractivity (Wildman–Crippen MR) is 103 cm³/mol. The molecule has 0 amide bonds. The van der Waals surface area contributed by atoms with Crippen LogP contribution in [0.2, 0.25) is 0 Å². The zero-order valence-corrected chi connectivity index (χ0v) is 15.3. The van der Waals surface area contributed by atoms with Gasteiger partial charge in [-0.3, -0.25) is 0 Å². The van der Waals surface area contributed by atoms with Crippen LogP contribution in [0.4, 0.5) is 0 Å². The summed E-state index contributed by atoms with van der Waals surface area (Å²) < 4.78 is 10.8. The van der Waals surface area contributed by atoms with Gasteiger partial charge in [-0.1, -0.05) is 36.4 Å². The lowest BCUT2D eigenvalue weighted by Crippen LogP contribution is -2.34. The number of ether oxygens (including phenoxy) is 2. The molecule has 6 heteroatoms. The van der Waals surface area contributed by atoms with Crippen LogP contribution in [0.25, 0.3) is 0 Å². The Hall–Kier alpha value is -2.60. The van der Waals surface area contributed by atoms with Gasteiger partial charge in [0.1, 0.15) is 0 Å². The van der Waals surface area contributed by atoms with Gasteiger partial charge < -0.3 is 14.8 Å². The smallest absolute Gasteiger partial charge is 0.189 e. The lowest BCUT2D eigenvalue weighted by molar-refractivity contribution is 0.346. The summed E-state index contributed by atoms with van der Waals surface area (Å²) in [6, 6.07) is 16.1. The average Bonchev–Trinajstić information content (AvgIpc) is 3.13. The number of methoxy groups -OCH3 is 2. The molecule has 0 aromatic heterocycles. The third kappa shape index (κ3) is 3.44. The predicted octanol–water partition coefficient (Wildman–Crippen LogP) is 3.36. The van der Waals surface area contributed by atoms with Gasteiger partial charge in [0, 0.05) is 13.5 Å². The van der Waals surface area contributed by atoms with E-state index in [0.29, 0.717) is 16.6 Å². The minimum atomic E-state index is 0.00922. The number of hydrogen-bond donors (Lipinski definition) is 1. The van der Waals surface area contributed by atoms with Crippen molar-refractivity contribution in [1.29, 1.82) is 0 Å². The monoisotopic (exact) mass is 355 g/mol. The topological polar surface area (TPSA) is 46.1 Å². The fourth-order valence-electron chi connectivity index (χ4n) is 2.94. The molecular weight excluding hydrogens is 334 g/mol. The molecule has 0 aliphatic carbocycles. The van der Waals surface area contributed by atoms with Gasteiger partial charge in [-0.05, 0) is 35.5 Å². The van der Waals surface area contributed by atoms with Crippen LogP contribution in [0, 0.1) is 0 Å². The first kappa shape index (κ1) is 17.2. The average molecular weight is 355 g/mol. The van der Waals surface area contributed by atoms with Gasteiger partial charge >= 0.3 is 0 Å². The number of nitrogens with zero attached hydrogens (tertiary/aromatic N) is 2. The van der Waals surface area contributed by atoms with E-state index < -0.39 is 0 Å². The SMILES string of the molecule is CNC(=S)N1N=C(c2ccccc2)C[C@@H]1c1ccc(OC)c(OC)c1. The molecule has 2 aromatic carbocycles. The number of benzene rings is 2. The molecule has 1 N–H and O–H groups in total. The second-order valence-corrected chi connectivity index (χ2v) is 6.03. The van der Waals surface area contributed by atoms with E-state index in [2.05, 4.69) is 17.4 Å². The zero-order valence-electron chi connectivity index (χ0n) is 14.5. The van der Waals surface area contributed by atoms with Gasteiger partial charge in [0.2, 0.25) is 0 Å². The molecular formula is C19H21N3O2S. The molecule has 1 aliphatic heterocycles. The molecule has 25 heavy (non-hydrogen) atoms. The fraction of sp³-hybridized carbons (Fsp3) is 0.263. The molecule has 0 fully saturated rings. The van der Waals surface area contributed by atoms with E-state index in [4.69, 9.17) is 26.8 Å². The summed E-state index contributed by atoms with van der Waals surface area (Å²) in [7, 11) is 5.08. The van der Waals surface area contributed by atoms with E-state index >= 15 is 0 Å². The normalized spacial score (nSPS) is 16.4. The van der Waals surface area contributed by atoms with Crippen LogP contribution in [0.1, 0.15) is 23.6 Å². The lowest BCUT2D eigenvalue weighted by atomic mass is 9.98. The van der Waals surface area contributed by atoms with Gasteiger partial charge in [0.15, 0.2) is 16.6 Å². The highest BCUT2D eigenvalue weighted by Gasteiger charge is 2.31. The van der Waals surface area contributed by atoms with E-state index in [9.17, 15) is 0 Å². The van der Waals surface area contributed by atoms with Crippen LogP contribution in [-0.4, -0.2) is 37.1 Å². The molecule has 1 aliphatic rings. The molecule has 0 spiro atoms. The lowest BCUT2D eigenvalue weighted by Gasteiger charge is -2.24. The van der Waals surface area contributed by atoms with Crippen LogP contribution in [0.3, 0.4) is 0 Å². The third-order valence-corrected chi connectivity index (χ3v) is 4.62. The van der Waals surface area contributed by atoms with E-state index in [-0.39, 0.29) is 6.04 Å². The quantitative estimate of drug-likeness (QED) is 0.852. The second-order valence-electron chi connectivity index (χ2n) is 5.65. The minimum Gasteiger partial charge on any atom is -0.493 e. The van der Waals surface area contributed by atoms with Crippen molar-refractivity contribution < 1.29 is 9.47 Å². The summed E-state index contributed by atoms with van der Waals surface area (Å²) in [4.78, 5) is 0. The fourth-order valence-corrected chi connectivity index (χ4v) is 3.11. The summed E-state index contributed by atoms with van der Waals surface area (Å²) >= 11 is 5.46. The minimum absolute atomic E-state index is 0.00922. The molecule has 1 atom stereocenters. The van der Waals surface area contributed by atoms with E-state index in [1.165, 1.54) is 0 Å². The van der Waals surface area contributed by atoms with Gasteiger partial charge in [0.05, 0.1) is 26.0 Å². The van der Waals surface area contributed by atoms with Crippen molar-refractivity contribution in [3.63, 3.8) is 0 Å². The molecule has 0 saturated heterocycles. The maximum absolute atomic E-state index is 5.46. The molecule has 5 nitrogen and oxygen atoms in total. The van der Waals surface area contributed by atoms with Crippen LogP contribution < -0.4 is 14.8 Å². The molecule has 2 aromatic rings. The van der Waals surface area contributed by atoms with Gasteiger partial charge in [-0.2, -0.15) is 5.10 Å². The highest BCUT2D eigenvalue weighted by atomic mass is 32.1. The Morgan fingerprint density at radius 1 is 1.12 bits per heavy atom. The van der Waals surface area contributed by atoms with Crippen molar-refractivity contribution in [3.8, 4) is 11.5 Å². The van der Waals surface area contributed by atoms with E-state index in [1.54, 1.807) is 14.2 Å². The van der Waals surface area contributed by atoms with Crippen molar-refractivity contribution >= 4 is 23.0 Å². The summed E-state index contributed by atoms with van der Waals surface area (Å²) in [5, 5.41) is 10.2. The molecule has 0 bridgehead atoms. The van der Waals surface area contributed by atoms with Crippen LogP contribution in [0.15, 0.2) is 53.6 Å². The Morgan fingerprint density at radius 3 is 2.48 bits per heavy atom. The van der Waals surface area contributed by atoms with E-state index in [0.717, 1.165) is 23.3 Å². The number of hydrazone groups is 1. The number of rotatable bonds is 4. The van der Waals surface area contributed by atoms with Crippen molar-refractivity contribution in [2.24, 2.45) is 5.10 Å².